The van der Waals surface area contributed by atoms with Crippen LogP contribution in [0.5, 0.6) is 0 Å². The van der Waals surface area contributed by atoms with Crippen LogP contribution in [-0.2, 0) is 9.59 Å². The Balaban J connectivity index is 2.50. The minimum absolute atomic E-state index is 0.267. The third-order valence-electron chi connectivity index (χ3n) is 3.71. The van der Waals surface area contributed by atoms with Gasteiger partial charge in [0.15, 0.2) is 0 Å². The molecule has 0 aliphatic rings. The van der Waals surface area contributed by atoms with Gasteiger partial charge in [-0.3, -0.25) is 4.79 Å². The largest absolute Gasteiger partial charge is 0.469 e. The first-order chi connectivity index (χ1) is 9.69. The molecule has 1 aromatic rings. The summed E-state index contributed by atoms with van der Waals surface area (Å²) in [5.74, 6) is -0.00782. The van der Waals surface area contributed by atoms with Gasteiger partial charge in [0.2, 0.25) is 5.91 Å². The Morgan fingerprint density at radius 3 is 2.65 bits per heavy atom. The summed E-state index contributed by atoms with van der Waals surface area (Å²) in [6.07, 6.45) is 9.39. The van der Waals surface area contributed by atoms with Crippen molar-refractivity contribution in [3.63, 3.8) is 0 Å². The average molecular weight is 279 g/mol. The van der Waals surface area contributed by atoms with E-state index >= 15 is 0 Å². The van der Waals surface area contributed by atoms with Gasteiger partial charge in [0.25, 0.3) is 0 Å². The summed E-state index contributed by atoms with van der Waals surface area (Å²) in [6.45, 7) is 2.19. The van der Waals surface area contributed by atoms with Crippen molar-refractivity contribution < 1.29 is 14.0 Å². The first-order valence-electron chi connectivity index (χ1n) is 7.47. The van der Waals surface area contributed by atoms with Crippen LogP contribution in [-0.4, -0.2) is 12.2 Å². The van der Waals surface area contributed by atoms with Crippen LogP contribution in [0.1, 0.15) is 63.5 Å². The molecule has 0 aromatic carbocycles. The Morgan fingerprint density at radius 1 is 1.30 bits per heavy atom. The van der Waals surface area contributed by atoms with Crippen molar-refractivity contribution in [2.75, 3.05) is 0 Å². The Morgan fingerprint density at radius 2 is 2.10 bits per heavy atom. The molecule has 112 valence electrons. The molecule has 4 heteroatoms. The number of aldehydes is 1. The molecule has 0 fully saturated rings. The molecule has 1 rings (SSSR count). The number of hydrogen-bond acceptors (Lipinski definition) is 3. The number of amides is 1. The Bertz CT molecular complexity index is 386. The van der Waals surface area contributed by atoms with E-state index in [4.69, 9.17) is 10.2 Å². The minimum Gasteiger partial charge on any atom is -0.469 e. The lowest BCUT2D eigenvalue weighted by Gasteiger charge is -2.15. The van der Waals surface area contributed by atoms with Crippen molar-refractivity contribution in [3.05, 3.63) is 24.2 Å². The molecule has 0 spiro atoms. The first-order valence-corrected chi connectivity index (χ1v) is 7.47. The van der Waals surface area contributed by atoms with E-state index in [1.807, 2.05) is 12.1 Å². The topological polar surface area (TPSA) is 73.3 Å². The highest BCUT2D eigenvalue weighted by atomic mass is 16.3. The number of nitrogens with two attached hydrogens (primary N) is 1. The predicted molar refractivity (Wildman–Crippen MR) is 78.2 cm³/mol. The normalized spacial score (nSPS) is 13.8. The third kappa shape index (κ3) is 5.59. The van der Waals surface area contributed by atoms with Crippen molar-refractivity contribution in [2.45, 2.75) is 57.8 Å². The smallest absolute Gasteiger partial charge is 0.227 e. The van der Waals surface area contributed by atoms with Crippen molar-refractivity contribution in [2.24, 2.45) is 11.7 Å². The summed E-state index contributed by atoms with van der Waals surface area (Å²) >= 11 is 0. The van der Waals surface area contributed by atoms with Crippen LogP contribution in [0.4, 0.5) is 0 Å². The fourth-order valence-electron chi connectivity index (χ4n) is 2.43. The fraction of sp³-hybridized carbons (Fsp3) is 0.625. The van der Waals surface area contributed by atoms with Gasteiger partial charge in [-0.1, -0.05) is 32.6 Å². The number of unbranched alkanes of at least 4 members (excludes halogenated alkanes) is 3. The molecule has 0 aliphatic heterocycles. The van der Waals surface area contributed by atoms with E-state index in [2.05, 4.69) is 6.92 Å². The van der Waals surface area contributed by atoms with Gasteiger partial charge in [0.1, 0.15) is 12.0 Å². The zero-order chi connectivity index (χ0) is 14.8. The molecule has 4 nitrogen and oxygen atoms in total. The van der Waals surface area contributed by atoms with Crippen LogP contribution in [0, 0.1) is 5.92 Å². The molecule has 0 aliphatic carbocycles. The van der Waals surface area contributed by atoms with Gasteiger partial charge in [-0.25, -0.2) is 0 Å². The van der Waals surface area contributed by atoms with E-state index in [9.17, 15) is 9.59 Å². The van der Waals surface area contributed by atoms with Crippen LogP contribution >= 0.6 is 0 Å². The first kappa shape index (κ1) is 16.5. The van der Waals surface area contributed by atoms with Crippen molar-refractivity contribution in [1.82, 2.24) is 0 Å². The maximum Gasteiger partial charge on any atom is 0.227 e. The minimum atomic E-state index is -0.678. The summed E-state index contributed by atoms with van der Waals surface area (Å²) < 4.78 is 5.47. The lowest BCUT2D eigenvalue weighted by Crippen LogP contribution is -2.24. The molecule has 0 saturated carbocycles. The summed E-state index contributed by atoms with van der Waals surface area (Å²) in [5, 5.41) is 0. The van der Waals surface area contributed by atoms with Gasteiger partial charge in [-0.2, -0.15) is 0 Å². The lowest BCUT2D eigenvalue weighted by atomic mass is 9.90. The molecule has 0 radical (unpaired) electrons. The van der Waals surface area contributed by atoms with Crippen molar-refractivity contribution in [3.8, 4) is 0 Å². The van der Waals surface area contributed by atoms with E-state index in [0.717, 1.165) is 25.0 Å². The highest BCUT2D eigenvalue weighted by Gasteiger charge is 2.19. The maximum atomic E-state index is 11.1. The van der Waals surface area contributed by atoms with Gasteiger partial charge in [-0.15, -0.1) is 0 Å². The summed E-state index contributed by atoms with van der Waals surface area (Å²) in [4.78, 5) is 21.9. The number of hydrogen-bond donors (Lipinski definition) is 1. The number of primary amides is 1. The van der Waals surface area contributed by atoms with Gasteiger partial charge < -0.3 is 14.9 Å². The summed E-state index contributed by atoms with van der Waals surface area (Å²) in [5.41, 5.74) is 5.20. The van der Waals surface area contributed by atoms with E-state index in [0.29, 0.717) is 12.7 Å². The van der Waals surface area contributed by atoms with Gasteiger partial charge in [0, 0.05) is 5.92 Å². The van der Waals surface area contributed by atoms with E-state index < -0.39 is 11.8 Å². The number of carbonyl (C=O) groups is 2. The quantitative estimate of drug-likeness (QED) is 0.383. The summed E-state index contributed by atoms with van der Waals surface area (Å²) in [6, 6.07) is 3.84. The van der Waals surface area contributed by atoms with E-state index in [-0.39, 0.29) is 5.92 Å². The Kier molecular flexibility index (Phi) is 7.70. The van der Waals surface area contributed by atoms with Crippen molar-refractivity contribution >= 4 is 12.2 Å². The second kappa shape index (κ2) is 9.34. The highest BCUT2D eigenvalue weighted by Crippen LogP contribution is 2.29. The second-order valence-corrected chi connectivity index (χ2v) is 5.28. The predicted octanol–water partition coefficient (Wildman–Crippen LogP) is 3.41. The number of furan rings is 1. The van der Waals surface area contributed by atoms with Crippen LogP contribution in [0.25, 0.3) is 0 Å². The molecular formula is C16H25NO3. The molecule has 1 heterocycles. The van der Waals surface area contributed by atoms with Gasteiger partial charge in [-0.05, 0) is 31.4 Å². The van der Waals surface area contributed by atoms with Crippen LogP contribution in [0.2, 0.25) is 0 Å². The monoisotopic (exact) mass is 279 g/mol. The molecule has 1 amide bonds. The van der Waals surface area contributed by atoms with Crippen LogP contribution in [0.15, 0.2) is 22.8 Å². The zero-order valence-electron chi connectivity index (χ0n) is 12.2. The molecule has 0 bridgehead atoms. The standard InChI is InChI=1S/C16H25NO3/c1-2-3-4-5-7-13(15-8-6-11-20-15)9-10-14(12-18)16(17)19/h6,8,11-14H,2-5,7,9-10H2,1H3,(H2,17,19). The molecule has 0 saturated heterocycles. The van der Waals surface area contributed by atoms with Gasteiger partial charge in [0.05, 0.1) is 12.2 Å². The average Bonchev–Trinajstić information content (AvgIpc) is 2.95. The number of carbonyl (C=O) groups excluding carboxylic acids is 2. The maximum absolute atomic E-state index is 11.1. The molecule has 2 N–H and O–H groups in total. The second-order valence-electron chi connectivity index (χ2n) is 5.28. The molecule has 1 aromatic heterocycles. The number of rotatable bonds is 11. The van der Waals surface area contributed by atoms with Crippen LogP contribution < -0.4 is 5.73 Å². The summed E-state index contributed by atoms with van der Waals surface area (Å²) in [7, 11) is 0. The Labute approximate surface area is 120 Å². The Hall–Kier alpha value is -1.58. The molecular weight excluding hydrogens is 254 g/mol. The van der Waals surface area contributed by atoms with Crippen LogP contribution in [0.3, 0.4) is 0 Å². The third-order valence-corrected chi connectivity index (χ3v) is 3.71. The lowest BCUT2D eigenvalue weighted by molar-refractivity contribution is -0.126. The SMILES string of the molecule is CCCCCCC(CCC(C=O)C(N)=O)c1ccco1. The van der Waals surface area contributed by atoms with E-state index in [1.165, 1.54) is 19.3 Å². The zero-order valence-corrected chi connectivity index (χ0v) is 12.2. The molecule has 20 heavy (non-hydrogen) atoms. The highest BCUT2D eigenvalue weighted by molar-refractivity contribution is 5.90. The van der Waals surface area contributed by atoms with Crippen molar-refractivity contribution in [1.29, 1.82) is 0 Å². The molecule has 2 unspecified atom stereocenters. The van der Waals surface area contributed by atoms with Gasteiger partial charge >= 0.3 is 0 Å². The molecule has 2 atom stereocenters. The van der Waals surface area contributed by atoms with E-state index in [1.54, 1.807) is 6.26 Å². The fourth-order valence-corrected chi connectivity index (χ4v) is 2.43.